The summed E-state index contributed by atoms with van der Waals surface area (Å²) in [6, 6.07) is 9.77. The van der Waals surface area contributed by atoms with Crippen molar-refractivity contribution in [3.8, 4) is 0 Å². The molecule has 0 aliphatic heterocycles. The van der Waals surface area contributed by atoms with Gasteiger partial charge in [-0.2, -0.15) is 0 Å². The van der Waals surface area contributed by atoms with Gasteiger partial charge in [0.05, 0.1) is 11.2 Å². The van der Waals surface area contributed by atoms with Crippen molar-refractivity contribution in [1.82, 2.24) is 19.9 Å². The Labute approximate surface area is 154 Å². The maximum atomic E-state index is 6.28. The second kappa shape index (κ2) is 6.57. The Kier molecular flexibility index (Phi) is 4.10. The van der Waals surface area contributed by atoms with E-state index >= 15 is 0 Å². The third-order valence-electron chi connectivity index (χ3n) is 4.04. The Morgan fingerprint density at radius 3 is 2.54 bits per heavy atom. The van der Waals surface area contributed by atoms with Crippen LogP contribution < -0.4 is 16.4 Å². The predicted octanol–water partition coefficient (Wildman–Crippen LogP) is 4.17. The van der Waals surface area contributed by atoms with Gasteiger partial charge in [-0.3, -0.25) is 4.98 Å². The Morgan fingerprint density at radius 1 is 0.962 bits per heavy atom. The van der Waals surface area contributed by atoms with Gasteiger partial charge < -0.3 is 16.4 Å². The van der Waals surface area contributed by atoms with Gasteiger partial charge in [0.1, 0.15) is 12.0 Å². The second-order valence-electron chi connectivity index (χ2n) is 5.77. The first kappa shape index (κ1) is 16.2. The van der Waals surface area contributed by atoms with Crippen molar-refractivity contribution >= 4 is 50.4 Å². The molecule has 8 heteroatoms. The third-order valence-corrected chi connectivity index (χ3v) is 5.02. The molecule has 1 aromatic carbocycles. The standard InChI is InChI=1S/C18H17N7S/c1-10-11(2)26-18(23-10)25-17-15(19)16(21-9-22-17)24-14-7-3-6-13-12(14)5-4-8-20-13/h3-9H,19H2,1-2H3,(H2,21,22,23,24,25). The molecule has 0 saturated carbocycles. The highest BCUT2D eigenvalue weighted by atomic mass is 32.1. The molecule has 0 unspecified atom stereocenters. The number of aryl methyl sites for hydroxylation is 2. The molecule has 3 aromatic heterocycles. The minimum atomic E-state index is 0.430. The zero-order chi connectivity index (χ0) is 18.1. The summed E-state index contributed by atoms with van der Waals surface area (Å²) in [4.78, 5) is 18.5. The van der Waals surface area contributed by atoms with Gasteiger partial charge in [0.25, 0.3) is 0 Å². The minimum absolute atomic E-state index is 0.430. The van der Waals surface area contributed by atoms with Crippen LogP contribution in [0.4, 0.5) is 28.1 Å². The van der Waals surface area contributed by atoms with Crippen molar-refractivity contribution < 1.29 is 0 Å². The first-order chi connectivity index (χ1) is 12.6. The summed E-state index contributed by atoms with van der Waals surface area (Å²) in [7, 11) is 0. The molecule has 0 radical (unpaired) electrons. The quantitative estimate of drug-likeness (QED) is 0.500. The summed E-state index contributed by atoms with van der Waals surface area (Å²) in [6.45, 7) is 4.00. The maximum absolute atomic E-state index is 6.28. The molecule has 4 aromatic rings. The predicted molar refractivity (Wildman–Crippen MR) is 106 cm³/mol. The Bertz CT molecular complexity index is 1070. The van der Waals surface area contributed by atoms with E-state index in [2.05, 4.69) is 30.6 Å². The fraction of sp³-hybridized carbons (Fsp3) is 0.111. The number of hydrogen-bond donors (Lipinski definition) is 3. The number of pyridine rings is 1. The van der Waals surface area contributed by atoms with E-state index in [-0.39, 0.29) is 0 Å². The van der Waals surface area contributed by atoms with E-state index in [9.17, 15) is 0 Å². The number of nitrogens with two attached hydrogens (primary N) is 1. The fourth-order valence-corrected chi connectivity index (χ4v) is 3.38. The minimum Gasteiger partial charge on any atom is -0.393 e. The smallest absolute Gasteiger partial charge is 0.188 e. The molecule has 0 atom stereocenters. The van der Waals surface area contributed by atoms with Crippen LogP contribution in [-0.2, 0) is 0 Å². The molecule has 7 nitrogen and oxygen atoms in total. The van der Waals surface area contributed by atoms with Crippen LogP contribution in [0.25, 0.3) is 10.9 Å². The SMILES string of the molecule is Cc1nc(Nc2ncnc(Nc3cccc4ncccc34)c2N)sc1C. The van der Waals surface area contributed by atoms with E-state index < -0.39 is 0 Å². The van der Waals surface area contributed by atoms with E-state index in [0.717, 1.165) is 32.3 Å². The van der Waals surface area contributed by atoms with E-state index in [0.29, 0.717) is 17.3 Å². The summed E-state index contributed by atoms with van der Waals surface area (Å²) in [5.41, 5.74) is 9.48. The number of nitrogens with zero attached hydrogens (tertiary/aromatic N) is 4. The van der Waals surface area contributed by atoms with Crippen molar-refractivity contribution in [1.29, 1.82) is 0 Å². The number of benzene rings is 1. The van der Waals surface area contributed by atoms with Gasteiger partial charge in [-0.15, -0.1) is 11.3 Å². The van der Waals surface area contributed by atoms with E-state index in [1.165, 1.54) is 6.33 Å². The first-order valence-electron chi connectivity index (χ1n) is 8.04. The molecule has 0 spiro atoms. The lowest BCUT2D eigenvalue weighted by Gasteiger charge is -2.12. The Morgan fingerprint density at radius 2 is 1.77 bits per heavy atom. The zero-order valence-corrected chi connectivity index (χ0v) is 15.1. The highest BCUT2D eigenvalue weighted by Gasteiger charge is 2.12. The van der Waals surface area contributed by atoms with E-state index in [1.807, 2.05) is 44.2 Å². The van der Waals surface area contributed by atoms with Crippen LogP contribution in [0.1, 0.15) is 10.6 Å². The van der Waals surface area contributed by atoms with Gasteiger partial charge >= 0.3 is 0 Å². The monoisotopic (exact) mass is 363 g/mol. The number of thiazole rings is 1. The van der Waals surface area contributed by atoms with Crippen LogP contribution >= 0.6 is 11.3 Å². The highest BCUT2D eigenvalue weighted by molar-refractivity contribution is 7.15. The summed E-state index contributed by atoms with van der Waals surface area (Å²) in [5.74, 6) is 1.05. The van der Waals surface area contributed by atoms with Gasteiger partial charge in [0.15, 0.2) is 16.8 Å². The molecule has 3 heterocycles. The maximum Gasteiger partial charge on any atom is 0.188 e. The molecular formula is C18H17N7S. The molecule has 0 amide bonds. The van der Waals surface area contributed by atoms with Crippen LogP contribution in [0, 0.1) is 13.8 Å². The molecule has 4 rings (SSSR count). The number of nitrogens with one attached hydrogen (secondary N) is 2. The largest absolute Gasteiger partial charge is 0.393 e. The normalized spacial score (nSPS) is 10.8. The first-order valence-corrected chi connectivity index (χ1v) is 8.86. The highest BCUT2D eigenvalue weighted by Crippen LogP contribution is 2.32. The molecule has 130 valence electrons. The molecule has 0 aliphatic carbocycles. The lowest BCUT2D eigenvalue weighted by Crippen LogP contribution is -2.05. The van der Waals surface area contributed by atoms with Crippen molar-refractivity contribution in [2.75, 3.05) is 16.4 Å². The fourth-order valence-electron chi connectivity index (χ4n) is 2.56. The average Bonchev–Trinajstić information content (AvgIpc) is 2.96. The molecule has 0 bridgehead atoms. The number of nitrogen functional groups attached to an aromatic ring is 1. The van der Waals surface area contributed by atoms with Crippen molar-refractivity contribution in [3.63, 3.8) is 0 Å². The van der Waals surface area contributed by atoms with Gasteiger partial charge in [-0.05, 0) is 38.1 Å². The third kappa shape index (κ3) is 3.02. The topological polar surface area (TPSA) is 102 Å². The van der Waals surface area contributed by atoms with Crippen LogP contribution in [0.3, 0.4) is 0 Å². The van der Waals surface area contributed by atoms with Crippen molar-refractivity contribution in [2.45, 2.75) is 13.8 Å². The molecule has 0 saturated heterocycles. The molecule has 0 aliphatic rings. The van der Waals surface area contributed by atoms with Gasteiger partial charge in [0.2, 0.25) is 0 Å². The van der Waals surface area contributed by atoms with E-state index in [4.69, 9.17) is 5.73 Å². The summed E-state index contributed by atoms with van der Waals surface area (Å²) in [6.07, 6.45) is 3.24. The van der Waals surface area contributed by atoms with Gasteiger partial charge in [-0.25, -0.2) is 15.0 Å². The lowest BCUT2D eigenvalue weighted by atomic mass is 10.2. The van der Waals surface area contributed by atoms with Gasteiger partial charge in [-0.1, -0.05) is 6.07 Å². The number of fused-ring (bicyclic) bond motifs is 1. The summed E-state index contributed by atoms with van der Waals surface area (Å²) >= 11 is 1.56. The second-order valence-corrected chi connectivity index (χ2v) is 6.97. The molecular weight excluding hydrogens is 346 g/mol. The number of rotatable bonds is 4. The van der Waals surface area contributed by atoms with E-state index in [1.54, 1.807) is 17.5 Å². The van der Waals surface area contributed by atoms with Crippen LogP contribution in [0.2, 0.25) is 0 Å². The van der Waals surface area contributed by atoms with Crippen molar-refractivity contribution in [3.05, 3.63) is 53.4 Å². The molecule has 4 N–H and O–H groups in total. The lowest BCUT2D eigenvalue weighted by molar-refractivity contribution is 1.16. The average molecular weight is 363 g/mol. The number of aromatic nitrogens is 4. The summed E-state index contributed by atoms with van der Waals surface area (Å²) < 4.78 is 0. The van der Waals surface area contributed by atoms with Crippen LogP contribution in [-0.4, -0.2) is 19.9 Å². The van der Waals surface area contributed by atoms with Crippen LogP contribution in [0.15, 0.2) is 42.9 Å². The Hall–Kier alpha value is -3.26. The Balaban J connectivity index is 1.67. The number of anilines is 5. The molecule has 0 fully saturated rings. The zero-order valence-electron chi connectivity index (χ0n) is 14.3. The van der Waals surface area contributed by atoms with Crippen LogP contribution in [0.5, 0.6) is 0 Å². The van der Waals surface area contributed by atoms with Crippen molar-refractivity contribution in [2.24, 2.45) is 0 Å². The molecule has 26 heavy (non-hydrogen) atoms. The summed E-state index contributed by atoms with van der Waals surface area (Å²) in [5, 5.41) is 8.21. The van der Waals surface area contributed by atoms with Gasteiger partial charge in [0, 0.05) is 22.1 Å². The number of hydrogen-bond acceptors (Lipinski definition) is 8.